The second-order valence-corrected chi connectivity index (χ2v) is 9.14. The Morgan fingerprint density at radius 2 is 1.89 bits per heavy atom. The van der Waals surface area contributed by atoms with Crippen LogP contribution in [0.1, 0.15) is 22.3 Å². The minimum absolute atomic E-state index is 0.0126. The molecule has 4 rings (SSSR count). The molecule has 35 heavy (non-hydrogen) atoms. The normalized spacial score (nSPS) is 30.1. The number of aliphatic hydroxyl groups excluding tert-OH is 2. The number of Topliss-reactive ketones (excluding diaryl/α,β-unsaturated/α-hetero) is 2. The Labute approximate surface area is 199 Å². The highest BCUT2D eigenvalue weighted by Crippen LogP contribution is 2.57. The molecule has 0 saturated heterocycles. The molecule has 0 unspecified atom stereocenters. The van der Waals surface area contributed by atoms with Gasteiger partial charge in [0.1, 0.15) is 22.8 Å². The SMILES string of the molecule is COCCOC[C@@]12Cc3c(N)ccc(O)c3C(=O)C1=C(O)[C@]1(O)C(=O)C(C(N)=O)=C(O)[C@@H](N)[C@@H]1C2. The van der Waals surface area contributed by atoms with Gasteiger partial charge in [0.2, 0.25) is 5.78 Å². The summed E-state index contributed by atoms with van der Waals surface area (Å²) in [6.07, 6.45) is -0.222. The van der Waals surface area contributed by atoms with Gasteiger partial charge < -0.3 is 47.1 Å². The monoisotopic (exact) mass is 489 g/mol. The van der Waals surface area contributed by atoms with Gasteiger partial charge in [0, 0.05) is 24.1 Å². The first-order valence-corrected chi connectivity index (χ1v) is 10.8. The van der Waals surface area contributed by atoms with Gasteiger partial charge in [-0.05, 0) is 30.5 Å². The lowest BCUT2D eigenvalue weighted by Gasteiger charge is -2.52. The number of phenolic OH excluding ortho intramolecular Hbond substituents is 1. The molecule has 1 amide bonds. The number of amides is 1. The molecule has 3 aliphatic carbocycles. The van der Waals surface area contributed by atoms with Gasteiger partial charge in [0.05, 0.1) is 37.0 Å². The van der Waals surface area contributed by atoms with Gasteiger partial charge in [-0.1, -0.05) is 0 Å². The van der Waals surface area contributed by atoms with Gasteiger partial charge in [0.15, 0.2) is 11.4 Å². The van der Waals surface area contributed by atoms with Crippen LogP contribution in [0.3, 0.4) is 0 Å². The van der Waals surface area contributed by atoms with E-state index in [2.05, 4.69) is 0 Å². The Balaban J connectivity index is 1.97. The molecule has 4 atom stereocenters. The number of aliphatic hydroxyl groups is 3. The fourth-order valence-electron chi connectivity index (χ4n) is 5.51. The highest BCUT2D eigenvalue weighted by molar-refractivity contribution is 6.25. The minimum atomic E-state index is -2.81. The smallest absolute Gasteiger partial charge is 0.255 e. The van der Waals surface area contributed by atoms with E-state index in [-0.39, 0.29) is 49.5 Å². The van der Waals surface area contributed by atoms with Crippen LogP contribution in [0.15, 0.2) is 34.8 Å². The number of aromatic hydroxyl groups is 1. The van der Waals surface area contributed by atoms with Crippen molar-refractivity contribution in [1.82, 2.24) is 0 Å². The molecule has 0 spiro atoms. The Hall–Kier alpha value is -3.45. The van der Waals surface area contributed by atoms with E-state index in [9.17, 15) is 34.8 Å². The number of fused-ring (bicyclic) bond motifs is 3. The number of anilines is 1. The van der Waals surface area contributed by atoms with E-state index in [1.165, 1.54) is 19.2 Å². The molecule has 0 bridgehead atoms. The molecule has 10 N–H and O–H groups in total. The van der Waals surface area contributed by atoms with Crippen molar-refractivity contribution in [2.75, 3.05) is 32.7 Å². The number of nitrogen functional groups attached to an aromatic ring is 1. The maximum atomic E-state index is 13.7. The summed E-state index contributed by atoms with van der Waals surface area (Å²) in [6, 6.07) is 1.18. The summed E-state index contributed by atoms with van der Waals surface area (Å²) in [5.41, 5.74) is 12.3. The van der Waals surface area contributed by atoms with E-state index in [0.29, 0.717) is 5.56 Å². The quantitative estimate of drug-likeness (QED) is 0.112. The summed E-state index contributed by atoms with van der Waals surface area (Å²) >= 11 is 0. The van der Waals surface area contributed by atoms with Gasteiger partial charge >= 0.3 is 0 Å². The molecule has 0 radical (unpaired) electrons. The molecule has 12 nitrogen and oxygen atoms in total. The van der Waals surface area contributed by atoms with Crippen LogP contribution in [-0.2, 0) is 25.5 Å². The molecule has 1 aromatic rings. The Morgan fingerprint density at radius 1 is 1.20 bits per heavy atom. The van der Waals surface area contributed by atoms with Crippen molar-refractivity contribution in [3.8, 4) is 5.75 Å². The van der Waals surface area contributed by atoms with Crippen LogP contribution >= 0.6 is 0 Å². The lowest BCUT2D eigenvalue weighted by atomic mass is 9.53. The van der Waals surface area contributed by atoms with Crippen molar-refractivity contribution >= 4 is 23.2 Å². The fraction of sp³-hybridized carbons (Fsp3) is 0.435. The lowest BCUT2D eigenvalue weighted by molar-refractivity contribution is -0.148. The Bertz CT molecular complexity index is 1210. The number of primary amides is 1. The topological polar surface area (TPSA) is 229 Å². The fourth-order valence-corrected chi connectivity index (χ4v) is 5.51. The number of ketones is 2. The molecule has 1 aromatic carbocycles. The summed E-state index contributed by atoms with van der Waals surface area (Å²) in [4.78, 5) is 38.8. The second kappa shape index (κ2) is 8.34. The predicted octanol–water partition coefficient (Wildman–Crippen LogP) is -0.867. The summed E-state index contributed by atoms with van der Waals surface area (Å²) in [5.74, 6) is -7.18. The summed E-state index contributed by atoms with van der Waals surface area (Å²) < 4.78 is 10.7. The molecular formula is C23H27N3O9. The number of methoxy groups -OCH3 is 1. The summed E-state index contributed by atoms with van der Waals surface area (Å²) in [7, 11) is 1.47. The highest BCUT2D eigenvalue weighted by atomic mass is 16.5. The zero-order chi connectivity index (χ0) is 25.9. The number of phenols is 1. The average Bonchev–Trinajstić information content (AvgIpc) is 2.80. The standard InChI is InChI=1S/C23H27N3O9/c1-34-4-5-35-8-22-6-9-11(24)2-3-12(27)13(9)17(28)15(22)20(31)23(33)10(7-22)16(25)18(29)14(19(23)30)21(26)32/h2-3,10,16,27,29,31,33H,4-8,24-25H2,1H3,(H2,26,32)/t10-,16-,22-,23+/m0/s1. The number of carbonyl (C=O) groups excluding carboxylic acids is 3. The molecule has 188 valence electrons. The molecule has 3 aliphatic rings. The van der Waals surface area contributed by atoms with E-state index in [4.69, 9.17) is 26.7 Å². The third-order valence-electron chi connectivity index (χ3n) is 7.21. The molecule has 0 fully saturated rings. The first kappa shape index (κ1) is 24.7. The molecule has 0 aliphatic heterocycles. The second-order valence-electron chi connectivity index (χ2n) is 9.14. The number of rotatable bonds is 6. The molecule has 0 heterocycles. The zero-order valence-electron chi connectivity index (χ0n) is 18.9. The van der Waals surface area contributed by atoms with Crippen molar-refractivity contribution in [1.29, 1.82) is 0 Å². The van der Waals surface area contributed by atoms with E-state index >= 15 is 0 Å². The molecule has 0 saturated carbocycles. The number of ether oxygens (including phenoxy) is 2. The first-order chi connectivity index (χ1) is 16.4. The predicted molar refractivity (Wildman–Crippen MR) is 120 cm³/mol. The van der Waals surface area contributed by atoms with E-state index < -0.39 is 63.3 Å². The summed E-state index contributed by atoms with van der Waals surface area (Å²) in [5, 5.41) is 43.7. The maximum Gasteiger partial charge on any atom is 0.255 e. The van der Waals surface area contributed by atoms with Gasteiger partial charge in [-0.2, -0.15) is 0 Å². The molecule has 0 aromatic heterocycles. The first-order valence-electron chi connectivity index (χ1n) is 10.8. The van der Waals surface area contributed by atoms with Crippen molar-refractivity contribution < 1.29 is 44.3 Å². The van der Waals surface area contributed by atoms with Crippen LogP contribution in [0.4, 0.5) is 5.69 Å². The largest absolute Gasteiger partial charge is 0.510 e. The zero-order valence-corrected chi connectivity index (χ0v) is 18.9. The van der Waals surface area contributed by atoms with E-state index in [1.807, 2.05) is 0 Å². The maximum absolute atomic E-state index is 13.7. The van der Waals surface area contributed by atoms with E-state index in [1.54, 1.807) is 0 Å². The lowest BCUT2D eigenvalue weighted by Crippen LogP contribution is -2.65. The van der Waals surface area contributed by atoms with Crippen LogP contribution in [0.25, 0.3) is 0 Å². The number of nitrogens with two attached hydrogens (primary N) is 3. The van der Waals surface area contributed by atoms with Gasteiger partial charge in [-0.25, -0.2) is 0 Å². The van der Waals surface area contributed by atoms with Crippen LogP contribution in [0, 0.1) is 11.3 Å². The van der Waals surface area contributed by atoms with Crippen molar-refractivity contribution in [2.24, 2.45) is 22.8 Å². The molecular weight excluding hydrogens is 462 g/mol. The third-order valence-corrected chi connectivity index (χ3v) is 7.21. The van der Waals surface area contributed by atoms with Crippen LogP contribution in [-0.4, -0.2) is 76.5 Å². The highest BCUT2D eigenvalue weighted by Gasteiger charge is 2.65. The summed E-state index contributed by atoms with van der Waals surface area (Å²) in [6.45, 7) is 0.182. The van der Waals surface area contributed by atoms with Crippen molar-refractivity contribution in [2.45, 2.75) is 24.5 Å². The van der Waals surface area contributed by atoms with Crippen LogP contribution in [0.5, 0.6) is 5.75 Å². The van der Waals surface area contributed by atoms with Gasteiger partial charge in [-0.15, -0.1) is 0 Å². The van der Waals surface area contributed by atoms with E-state index in [0.717, 1.165) is 0 Å². The minimum Gasteiger partial charge on any atom is -0.510 e. The van der Waals surface area contributed by atoms with Crippen LogP contribution < -0.4 is 17.2 Å². The number of carbonyl (C=O) groups is 3. The number of benzene rings is 1. The van der Waals surface area contributed by atoms with Gasteiger partial charge in [0.25, 0.3) is 5.91 Å². The Morgan fingerprint density at radius 3 is 2.51 bits per heavy atom. The third kappa shape index (κ3) is 3.32. The average molecular weight is 489 g/mol. The van der Waals surface area contributed by atoms with Gasteiger partial charge in [-0.3, -0.25) is 14.4 Å². The molecule has 12 heteroatoms. The number of hydrogen-bond donors (Lipinski definition) is 7. The van der Waals surface area contributed by atoms with Crippen molar-refractivity contribution in [3.05, 3.63) is 45.9 Å². The number of hydrogen-bond acceptors (Lipinski definition) is 11. The van der Waals surface area contributed by atoms with Crippen molar-refractivity contribution in [3.63, 3.8) is 0 Å². The van der Waals surface area contributed by atoms with Crippen LogP contribution in [0.2, 0.25) is 0 Å². The Kier molecular flexibility index (Phi) is 5.88.